The van der Waals surface area contributed by atoms with E-state index in [1.54, 1.807) is 7.11 Å². The molecule has 0 amide bonds. The van der Waals surface area contributed by atoms with E-state index < -0.39 is 0 Å². The van der Waals surface area contributed by atoms with Crippen molar-refractivity contribution in [3.05, 3.63) is 29.5 Å². The Balaban J connectivity index is 2.13. The van der Waals surface area contributed by atoms with Crippen molar-refractivity contribution in [1.82, 2.24) is 0 Å². The number of hydrogen-bond donors (Lipinski definition) is 0. The van der Waals surface area contributed by atoms with Crippen molar-refractivity contribution < 1.29 is 13.9 Å². The van der Waals surface area contributed by atoms with Crippen LogP contribution in [0.15, 0.2) is 22.6 Å². The molecule has 0 bridgehead atoms. The third-order valence-corrected chi connectivity index (χ3v) is 3.32. The summed E-state index contributed by atoms with van der Waals surface area (Å²) in [6.07, 6.45) is 2.00. The van der Waals surface area contributed by atoms with Gasteiger partial charge in [0.05, 0.1) is 7.11 Å². The average Bonchev–Trinajstić information content (AvgIpc) is 3.14. The molecule has 1 aliphatic rings. The molecule has 17 heavy (non-hydrogen) atoms. The molecule has 0 spiro atoms. The molecule has 1 aliphatic carbocycles. The van der Waals surface area contributed by atoms with Crippen molar-refractivity contribution >= 4 is 16.8 Å². The second-order valence-corrected chi connectivity index (χ2v) is 4.56. The third kappa shape index (κ3) is 1.62. The van der Waals surface area contributed by atoms with Crippen LogP contribution in [-0.4, -0.2) is 12.9 Å². The highest BCUT2D eigenvalue weighted by Gasteiger charge is 2.33. The van der Waals surface area contributed by atoms with Gasteiger partial charge in [-0.3, -0.25) is 4.79 Å². The van der Waals surface area contributed by atoms with E-state index in [1.807, 2.05) is 25.1 Å². The fraction of sp³-hybridized carbons (Fsp3) is 0.357. The van der Waals surface area contributed by atoms with Gasteiger partial charge in [0.1, 0.15) is 11.3 Å². The molecular formula is C14H14O3. The van der Waals surface area contributed by atoms with Gasteiger partial charge in [0, 0.05) is 22.9 Å². The van der Waals surface area contributed by atoms with Gasteiger partial charge in [0.25, 0.3) is 0 Å². The Bertz CT molecular complexity index is 591. The number of furan rings is 1. The fourth-order valence-electron chi connectivity index (χ4n) is 2.10. The smallest absolute Gasteiger partial charge is 0.201 e. The summed E-state index contributed by atoms with van der Waals surface area (Å²) in [5.74, 6) is 1.61. The molecule has 0 N–H and O–H groups in total. The first kappa shape index (κ1) is 10.4. The molecule has 3 rings (SSSR count). The Morgan fingerprint density at radius 3 is 2.82 bits per heavy atom. The summed E-state index contributed by atoms with van der Waals surface area (Å²) >= 11 is 0. The van der Waals surface area contributed by atoms with E-state index in [-0.39, 0.29) is 11.7 Å². The number of rotatable bonds is 3. The lowest BCUT2D eigenvalue weighted by molar-refractivity contribution is 0.0941. The van der Waals surface area contributed by atoms with Gasteiger partial charge >= 0.3 is 0 Å². The minimum absolute atomic E-state index is 0.151. The summed E-state index contributed by atoms with van der Waals surface area (Å²) < 4.78 is 10.8. The van der Waals surface area contributed by atoms with E-state index in [1.165, 1.54) is 0 Å². The number of hydrogen-bond acceptors (Lipinski definition) is 3. The number of methoxy groups -OCH3 is 1. The monoisotopic (exact) mass is 230 g/mol. The predicted octanol–water partition coefficient (Wildman–Crippen LogP) is 3.34. The first-order valence-electron chi connectivity index (χ1n) is 5.82. The first-order valence-corrected chi connectivity index (χ1v) is 5.82. The molecule has 0 unspecified atom stereocenters. The maximum Gasteiger partial charge on any atom is 0.201 e. The number of carbonyl (C=O) groups excluding carboxylic acids is 1. The number of benzene rings is 1. The highest BCUT2D eigenvalue weighted by atomic mass is 16.5. The maximum absolute atomic E-state index is 12.0. The zero-order chi connectivity index (χ0) is 12.0. The van der Waals surface area contributed by atoms with Crippen LogP contribution < -0.4 is 4.74 Å². The lowest BCUT2D eigenvalue weighted by atomic mass is 10.1. The number of carbonyl (C=O) groups is 1. The van der Waals surface area contributed by atoms with E-state index in [0.717, 1.165) is 35.1 Å². The molecule has 1 aromatic heterocycles. The van der Waals surface area contributed by atoms with E-state index >= 15 is 0 Å². The van der Waals surface area contributed by atoms with Gasteiger partial charge in [-0.1, -0.05) is 0 Å². The number of ketones is 1. The van der Waals surface area contributed by atoms with Crippen molar-refractivity contribution in [2.24, 2.45) is 5.92 Å². The quantitative estimate of drug-likeness (QED) is 0.759. The van der Waals surface area contributed by atoms with Gasteiger partial charge in [0.15, 0.2) is 5.76 Å². The Morgan fingerprint density at radius 1 is 1.41 bits per heavy atom. The van der Waals surface area contributed by atoms with Gasteiger partial charge in [-0.05, 0) is 31.9 Å². The van der Waals surface area contributed by atoms with Crippen LogP contribution in [-0.2, 0) is 0 Å². The second-order valence-electron chi connectivity index (χ2n) is 4.56. The molecule has 1 aromatic carbocycles. The van der Waals surface area contributed by atoms with Crippen LogP contribution in [0.1, 0.15) is 29.0 Å². The van der Waals surface area contributed by atoms with E-state index in [0.29, 0.717) is 5.76 Å². The predicted molar refractivity (Wildman–Crippen MR) is 64.6 cm³/mol. The molecule has 0 aliphatic heterocycles. The second kappa shape index (κ2) is 3.62. The van der Waals surface area contributed by atoms with Gasteiger partial charge in [0.2, 0.25) is 5.78 Å². The largest absolute Gasteiger partial charge is 0.497 e. The van der Waals surface area contributed by atoms with Crippen molar-refractivity contribution in [3.8, 4) is 5.75 Å². The Kier molecular flexibility index (Phi) is 2.21. The summed E-state index contributed by atoms with van der Waals surface area (Å²) in [5.41, 5.74) is 1.67. The molecule has 1 fully saturated rings. The molecule has 0 atom stereocenters. The SMILES string of the molecule is COc1ccc2c(C)c(C(=O)C3CC3)oc2c1. The van der Waals surface area contributed by atoms with Crippen LogP contribution in [0.3, 0.4) is 0 Å². The van der Waals surface area contributed by atoms with Crippen molar-refractivity contribution in [1.29, 1.82) is 0 Å². The van der Waals surface area contributed by atoms with Crippen LogP contribution in [0.2, 0.25) is 0 Å². The minimum Gasteiger partial charge on any atom is -0.497 e. The first-order chi connectivity index (χ1) is 8.20. The van der Waals surface area contributed by atoms with Gasteiger partial charge < -0.3 is 9.15 Å². The molecule has 1 heterocycles. The van der Waals surface area contributed by atoms with Crippen LogP contribution in [0.4, 0.5) is 0 Å². The lowest BCUT2D eigenvalue weighted by Crippen LogP contribution is -2.00. The van der Waals surface area contributed by atoms with Crippen molar-refractivity contribution in [2.45, 2.75) is 19.8 Å². The molecule has 3 heteroatoms. The summed E-state index contributed by atoms with van der Waals surface area (Å²) in [7, 11) is 1.62. The molecule has 0 saturated heterocycles. The molecule has 88 valence electrons. The molecule has 1 saturated carbocycles. The average molecular weight is 230 g/mol. The van der Waals surface area contributed by atoms with Crippen molar-refractivity contribution in [3.63, 3.8) is 0 Å². The number of Topliss-reactive ketones (excluding diaryl/α,β-unsaturated/α-hetero) is 1. The Hall–Kier alpha value is -1.77. The zero-order valence-corrected chi connectivity index (χ0v) is 9.95. The summed E-state index contributed by atoms with van der Waals surface area (Å²) in [6.45, 7) is 1.94. The van der Waals surface area contributed by atoms with Crippen LogP contribution >= 0.6 is 0 Å². The lowest BCUT2D eigenvalue weighted by Gasteiger charge is -1.97. The zero-order valence-electron chi connectivity index (χ0n) is 9.95. The molecular weight excluding hydrogens is 216 g/mol. The van der Waals surface area contributed by atoms with Gasteiger partial charge in [-0.25, -0.2) is 0 Å². The van der Waals surface area contributed by atoms with E-state index in [4.69, 9.17) is 9.15 Å². The summed E-state index contributed by atoms with van der Waals surface area (Å²) in [5, 5.41) is 0.995. The third-order valence-electron chi connectivity index (χ3n) is 3.32. The Morgan fingerprint density at radius 2 is 2.18 bits per heavy atom. The number of fused-ring (bicyclic) bond motifs is 1. The number of aryl methyl sites for hydroxylation is 1. The van der Waals surface area contributed by atoms with E-state index in [9.17, 15) is 4.79 Å². The Labute approximate surface area is 99.4 Å². The van der Waals surface area contributed by atoms with Crippen LogP contribution in [0.5, 0.6) is 5.75 Å². The highest BCUT2D eigenvalue weighted by Crippen LogP contribution is 2.36. The standard InChI is InChI=1S/C14H14O3/c1-8-11-6-5-10(16-2)7-12(11)17-14(8)13(15)9-3-4-9/h5-7,9H,3-4H2,1-2H3. The topological polar surface area (TPSA) is 39.4 Å². The maximum atomic E-state index is 12.0. The fourth-order valence-corrected chi connectivity index (χ4v) is 2.10. The minimum atomic E-state index is 0.151. The van der Waals surface area contributed by atoms with Gasteiger partial charge in [-0.15, -0.1) is 0 Å². The number of ether oxygens (including phenoxy) is 1. The van der Waals surface area contributed by atoms with E-state index in [2.05, 4.69) is 0 Å². The summed E-state index contributed by atoms with van der Waals surface area (Å²) in [4.78, 5) is 12.0. The highest BCUT2D eigenvalue weighted by molar-refractivity contribution is 6.02. The molecule has 3 nitrogen and oxygen atoms in total. The summed E-state index contributed by atoms with van der Waals surface area (Å²) in [6, 6.07) is 5.65. The van der Waals surface area contributed by atoms with Crippen molar-refractivity contribution in [2.75, 3.05) is 7.11 Å². The normalized spacial score (nSPS) is 15.2. The molecule has 0 radical (unpaired) electrons. The molecule has 2 aromatic rings. The van der Waals surface area contributed by atoms with Crippen LogP contribution in [0, 0.1) is 12.8 Å². The van der Waals surface area contributed by atoms with Crippen LogP contribution in [0.25, 0.3) is 11.0 Å². The van der Waals surface area contributed by atoms with Gasteiger partial charge in [-0.2, -0.15) is 0 Å².